The van der Waals surface area contributed by atoms with Crippen molar-refractivity contribution in [1.29, 1.82) is 0 Å². The number of allylic oxidation sites excluding steroid dienone is 2. The Morgan fingerprint density at radius 3 is 2.65 bits per heavy atom. The Morgan fingerprint density at radius 2 is 2.00 bits per heavy atom. The minimum atomic E-state index is -0.277. The second kappa shape index (κ2) is 4.41. The van der Waals surface area contributed by atoms with Gasteiger partial charge in [0.05, 0.1) is 19.3 Å². The van der Waals surface area contributed by atoms with Crippen molar-refractivity contribution in [1.82, 2.24) is 0 Å². The molecule has 0 N–H and O–H groups in total. The number of ether oxygens (including phenoxy) is 2. The molecule has 0 unspecified atom stereocenters. The Hall–Kier alpha value is -2.10. The van der Waals surface area contributed by atoms with Gasteiger partial charge in [-0.05, 0) is 19.1 Å². The van der Waals surface area contributed by atoms with Gasteiger partial charge in [-0.2, -0.15) is 0 Å². The smallest absolute Gasteiger partial charge is 0.228 e. The summed E-state index contributed by atoms with van der Waals surface area (Å²) in [6.07, 6.45) is 1.22. The summed E-state index contributed by atoms with van der Waals surface area (Å²) in [5.41, 5.74) is 0.642. The molecule has 1 aromatic carbocycles. The molecule has 1 aliphatic carbocycles. The lowest BCUT2D eigenvalue weighted by Crippen LogP contribution is -2.19. The topological polar surface area (TPSA) is 52.6 Å². The van der Waals surface area contributed by atoms with Crippen molar-refractivity contribution in [3.8, 4) is 5.75 Å². The molecule has 1 aromatic rings. The van der Waals surface area contributed by atoms with E-state index in [9.17, 15) is 9.59 Å². The van der Waals surface area contributed by atoms with Crippen LogP contribution in [0.5, 0.6) is 5.75 Å². The third kappa shape index (κ3) is 1.82. The fraction of sp³-hybridized carbons (Fsp3) is 0.231. The van der Waals surface area contributed by atoms with Gasteiger partial charge in [0.15, 0.2) is 11.5 Å². The number of carbonyl (C=O) groups is 2. The Morgan fingerprint density at radius 1 is 1.24 bits per heavy atom. The number of ketones is 2. The van der Waals surface area contributed by atoms with Crippen LogP contribution in [0.15, 0.2) is 30.0 Å². The lowest BCUT2D eigenvalue weighted by molar-refractivity contribution is 0.0890. The predicted octanol–water partition coefficient (Wildman–Crippen LogP) is 1.99. The van der Waals surface area contributed by atoms with Crippen LogP contribution in [0, 0.1) is 0 Å². The number of Topliss-reactive ketones (excluding diaryl/α,β-unsaturated/α-hetero) is 1. The standard InChI is InChI=1S/C13H12O4/c1-3-17-11-7-9(14)12-8(13(11)15)5-4-6-10(12)16-2/h4-7H,3H2,1-2H3. The molecule has 0 aliphatic heterocycles. The molecular weight excluding hydrogens is 220 g/mol. The first-order valence-electron chi connectivity index (χ1n) is 5.29. The van der Waals surface area contributed by atoms with E-state index in [1.54, 1.807) is 25.1 Å². The zero-order valence-electron chi connectivity index (χ0n) is 9.65. The van der Waals surface area contributed by atoms with Crippen LogP contribution in [0.2, 0.25) is 0 Å². The molecule has 0 aromatic heterocycles. The molecule has 17 heavy (non-hydrogen) atoms. The van der Waals surface area contributed by atoms with Crippen LogP contribution in [-0.2, 0) is 4.74 Å². The summed E-state index contributed by atoms with van der Waals surface area (Å²) in [4.78, 5) is 23.9. The second-order valence-electron chi connectivity index (χ2n) is 3.52. The van der Waals surface area contributed by atoms with Crippen molar-refractivity contribution in [2.45, 2.75) is 6.92 Å². The maximum Gasteiger partial charge on any atom is 0.228 e. The summed E-state index contributed by atoms with van der Waals surface area (Å²) in [6, 6.07) is 4.94. The SMILES string of the molecule is CCOC1=CC(=O)c2c(OC)cccc2C1=O. The van der Waals surface area contributed by atoms with Crippen LogP contribution in [0.4, 0.5) is 0 Å². The molecule has 0 bridgehead atoms. The van der Waals surface area contributed by atoms with Gasteiger partial charge in [-0.3, -0.25) is 9.59 Å². The Bertz CT molecular complexity index is 514. The van der Waals surface area contributed by atoms with Crippen molar-refractivity contribution >= 4 is 11.6 Å². The van der Waals surface area contributed by atoms with Crippen LogP contribution in [0.3, 0.4) is 0 Å². The van der Waals surface area contributed by atoms with Gasteiger partial charge >= 0.3 is 0 Å². The molecule has 0 atom stereocenters. The molecule has 0 saturated heterocycles. The normalized spacial score (nSPS) is 14.1. The van der Waals surface area contributed by atoms with Gasteiger partial charge in [0, 0.05) is 11.6 Å². The minimum Gasteiger partial charge on any atom is -0.496 e. The van der Waals surface area contributed by atoms with Gasteiger partial charge in [-0.25, -0.2) is 0 Å². The summed E-state index contributed by atoms with van der Waals surface area (Å²) in [5, 5.41) is 0. The third-order valence-corrected chi connectivity index (χ3v) is 2.52. The number of hydrogen-bond acceptors (Lipinski definition) is 4. The molecule has 4 heteroatoms. The van der Waals surface area contributed by atoms with E-state index in [0.29, 0.717) is 23.5 Å². The monoisotopic (exact) mass is 232 g/mol. The summed E-state index contributed by atoms with van der Waals surface area (Å²) < 4.78 is 10.2. The van der Waals surface area contributed by atoms with Crippen LogP contribution in [0.1, 0.15) is 27.6 Å². The molecule has 0 saturated carbocycles. The first-order chi connectivity index (χ1) is 8.19. The van der Waals surface area contributed by atoms with Gasteiger partial charge in [0.25, 0.3) is 0 Å². The third-order valence-electron chi connectivity index (χ3n) is 2.52. The predicted molar refractivity (Wildman–Crippen MR) is 61.4 cm³/mol. The van der Waals surface area contributed by atoms with E-state index in [4.69, 9.17) is 9.47 Å². The number of carbonyl (C=O) groups excluding carboxylic acids is 2. The van der Waals surface area contributed by atoms with E-state index < -0.39 is 0 Å². The van der Waals surface area contributed by atoms with Crippen LogP contribution < -0.4 is 4.74 Å². The van der Waals surface area contributed by atoms with Gasteiger partial charge in [-0.1, -0.05) is 6.07 Å². The number of benzene rings is 1. The molecule has 1 aliphatic rings. The molecule has 0 amide bonds. The maximum absolute atomic E-state index is 12.0. The highest BCUT2D eigenvalue weighted by Crippen LogP contribution is 2.29. The molecule has 0 heterocycles. The molecule has 0 radical (unpaired) electrons. The number of hydrogen-bond donors (Lipinski definition) is 0. The van der Waals surface area contributed by atoms with Gasteiger partial charge in [0.1, 0.15) is 5.75 Å². The average molecular weight is 232 g/mol. The quantitative estimate of drug-likeness (QED) is 0.799. The minimum absolute atomic E-state index is 0.0956. The van der Waals surface area contributed by atoms with Crippen LogP contribution in [-0.4, -0.2) is 25.3 Å². The highest BCUT2D eigenvalue weighted by molar-refractivity contribution is 6.24. The van der Waals surface area contributed by atoms with Crippen molar-refractivity contribution in [2.75, 3.05) is 13.7 Å². The largest absolute Gasteiger partial charge is 0.496 e. The molecular formula is C13H12O4. The van der Waals surface area contributed by atoms with Crippen molar-refractivity contribution in [3.05, 3.63) is 41.2 Å². The second-order valence-corrected chi connectivity index (χ2v) is 3.52. The number of fused-ring (bicyclic) bond motifs is 1. The number of methoxy groups -OCH3 is 1. The molecule has 2 rings (SSSR count). The fourth-order valence-corrected chi connectivity index (χ4v) is 1.80. The van der Waals surface area contributed by atoms with E-state index in [1.165, 1.54) is 13.2 Å². The van der Waals surface area contributed by atoms with E-state index >= 15 is 0 Å². The first kappa shape index (κ1) is 11.4. The van der Waals surface area contributed by atoms with Crippen molar-refractivity contribution < 1.29 is 19.1 Å². The van der Waals surface area contributed by atoms with E-state index in [0.717, 1.165) is 0 Å². The zero-order valence-corrected chi connectivity index (χ0v) is 9.65. The highest BCUT2D eigenvalue weighted by Gasteiger charge is 2.29. The summed E-state index contributed by atoms with van der Waals surface area (Å²) in [5.74, 6) is -0.0354. The average Bonchev–Trinajstić information content (AvgIpc) is 2.35. The fourth-order valence-electron chi connectivity index (χ4n) is 1.80. The molecule has 0 fully saturated rings. The van der Waals surface area contributed by atoms with Crippen LogP contribution >= 0.6 is 0 Å². The molecule has 0 spiro atoms. The maximum atomic E-state index is 12.0. The van der Waals surface area contributed by atoms with E-state index in [2.05, 4.69) is 0 Å². The Balaban J connectivity index is 2.55. The molecule has 88 valence electrons. The summed E-state index contributed by atoms with van der Waals surface area (Å²) in [7, 11) is 1.47. The van der Waals surface area contributed by atoms with Gasteiger partial charge < -0.3 is 9.47 Å². The van der Waals surface area contributed by atoms with Gasteiger partial charge in [-0.15, -0.1) is 0 Å². The lowest BCUT2D eigenvalue weighted by atomic mass is 9.93. The van der Waals surface area contributed by atoms with E-state index in [1.807, 2.05) is 0 Å². The van der Waals surface area contributed by atoms with E-state index in [-0.39, 0.29) is 17.3 Å². The van der Waals surface area contributed by atoms with Crippen molar-refractivity contribution in [3.63, 3.8) is 0 Å². The summed E-state index contributed by atoms with van der Waals surface area (Å²) in [6.45, 7) is 2.11. The first-order valence-corrected chi connectivity index (χ1v) is 5.29. The highest BCUT2D eigenvalue weighted by atomic mass is 16.5. The van der Waals surface area contributed by atoms with Gasteiger partial charge in [0.2, 0.25) is 5.78 Å². The zero-order chi connectivity index (χ0) is 12.4. The summed E-state index contributed by atoms with van der Waals surface area (Å²) >= 11 is 0. The Kier molecular flexibility index (Phi) is 2.95. The number of rotatable bonds is 3. The Labute approximate surface area is 98.8 Å². The lowest BCUT2D eigenvalue weighted by Gasteiger charge is -2.17. The molecule has 4 nitrogen and oxygen atoms in total. The van der Waals surface area contributed by atoms with Crippen molar-refractivity contribution in [2.24, 2.45) is 0 Å². The van der Waals surface area contributed by atoms with Crippen LogP contribution in [0.25, 0.3) is 0 Å².